The van der Waals surface area contributed by atoms with Crippen molar-refractivity contribution in [2.45, 2.75) is 42.9 Å². The van der Waals surface area contributed by atoms with Gasteiger partial charge in [0.05, 0.1) is 29.5 Å². The van der Waals surface area contributed by atoms with E-state index in [1.54, 1.807) is 22.4 Å². The minimum absolute atomic E-state index is 0.0289. The maximum atomic E-state index is 14.7. The first-order valence-electron chi connectivity index (χ1n) is 11.4. The van der Waals surface area contributed by atoms with Crippen molar-refractivity contribution < 1.29 is 9.13 Å². The third kappa shape index (κ3) is 4.00. The third-order valence-electron chi connectivity index (χ3n) is 6.80. The third-order valence-corrected chi connectivity index (χ3v) is 7.73. The minimum Gasteiger partial charge on any atom is -0.490 e. The van der Waals surface area contributed by atoms with Crippen LogP contribution in [0.2, 0.25) is 0 Å². The van der Waals surface area contributed by atoms with E-state index in [-0.39, 0.29) is 17.3 Å². The van der Waals surface area contributed by atoms with E-state index in [4.69, 9.17) is 4.74 Å². The van der Waals surface area contributed by atoms with Gasteiger partial charge in [-0.1, -0.05) is 11.8 Å². The number of hydrogen-bond donors (Lipinski definition) is 1. The molecular formula is C23H25FN6O2S. The van der Waals surface area contributed by atoms with Gasteiger partial charge in [0.2, 0.25) is 0 Å². The molecule has 33 heavy (non-hydrogen) atoms. The molecule has 0 spiro atoms. The zero-order valence-electron chi connectivity index (χ0n) is 18.2. The van der Waals surface area contributed by atoms with Crippen molar-refractivity contribution in [1.29, 1.82) is 0 Å². The second-order valence-corrected chi connectivity index (χ2v) is 9.97. The molecule has 1 N–H and O–H groups in total. The van der Waals surface area contributed by atoms with Crippen LogP contribution < -0.4 is 15.6 Å². The Kier molecular flexibility index (Phi) is 5.51. The first-order valence-corrected chi connectivity index (χ1v) is 12.4. The number of likely N-dealkylation sites (tertiary alicyclic amines) is 1. The number of ether oxygens (including phenoxy) is 1. The molecule has 1 unspecified atom stereocenters. The number of nitrogens with one attached hydrogen (secondary N) is 1. The van der Waals surface area contributed by atoms with Crippen molar-refractivity contribution in [2.24, 2.45) is 0 Å². The number of pyridine rings is 2. The van der Waals surface area contributed by atoms with E-state index in [0.29, 0.717) is 42.3 Å². The highest BCUT2D eigenvalue weighted by Crippen LogP contribution is 2.35. The average molecular weight is 469 g/mol. The fourth-order valence-electron chi connectivity index (χ4n) is 5.16. The summed E-state index contributed by atoms with van der Waals surface area (Å²) in [7, 11) is 0. The van der Waals surface area contributed by atoms with E-state index in [1.165, 1.54) is 12.3 Å². The lowest BCUT2D eigenvalue weighted by molar-refractivity contribution is 0.184. The van der Waals surface area contributed by atoms with E-state index in [0.717, 1.165) is 54.7 Å². The lowest BCUT2D eigenvalue weighted by Gasteiger charge is -2.34. The van der Waals surface area contributed by atoms with Gasteiger partial charge in [-0.05, 0) is 32.0 Å². The van der Waals surface area contributed by atoms with E-state index >= 15 is 0 Å². The van der Waals surface area contributed by atoms with Crippen LogP contribution in [0, 0.1) is 5.82 Å². The number of rotatable bonds is 5. The van der Waals surface area contributed by atoms with Crippen LogP contribution in [-0.4, -0.2) is 62.7 Å². The largest absolute Gasteiger partial charge is 0.490 e. The van der Waals surface area contributed by atoms with Gasteiger partial charge in [-0.15, -0.1) is 5.10 Å². The van der Waals surface area contributed by atoms with Crippen molar-refractivity contribution >= 4 is 22.8 Å². The molecule has 3 aromatic rings. The van der Waals surface area contributed by atoms with Crippen LogP contribution in [0.5, 0.6) is 5.75 Å². The second kappa shape index (κ2) is 8.66. The summed E-state index contributed by atoms with van der Waals surface area (Å²) in [6, 6.07) is 5.60. The van der Waals surface area contributed by atoms with Gasteiger partial charge in [0.15, 0.2) is 10.8 Å². The molecule has 0 bridgehead atoms. The molecule has 0 radical (unpaired) electrons. The van der Waals surface area contributed by atoms with Gasteiger partial charge in [-0.3, -0.25) is 9.78 Å². The van der Waals surface area contributed by atoms with Crippen LogP contribution in [0.4, 0.5) is 4.39 Å². The fourth-order valence-corrected chi connectivity index (χ4v) is 5.87. The summed E-state index contributed by atoms with van der Waals surface area (Å²) in [4.78, 5) is 18.9. The number of piperidine rings is 1. The van der Waals surface area contributed by atoms with Crippen LogP contribution in [-0.2, 0) is 13.1 Å². The van der Waals surface area contributed by atoms with E-state index in [2.05, 4.69) is 25.4 Å². The summed E-state index contributed by atoms with van der Waals surface area (Å²) in [6.45, 7) is 4.51. The number of thioether (sulfide) groups is 1. The molecule has 8 nitrogen and oxygen atoms in total. The maximum Gasteiger partial charge on any atom is 0.251 e. The number of nitrogens with zero attached hydrogens (tertiary/aromatic N) is 5. The SMILES string of the molecule is O=c1ccc2ncc(F)c3c2n1CC3CN1CCC(NCc2cc3c(nn2)SCCO3)CC1. The van der Waals surface area contributed by atoms with Gasteiger partial charge in [-0.25, -0.2) is 4.39 Å². The van der Waals surface area contributed by atoms with Crippen molar-refractivity contribution in [3.05, 3.63) is 51.8 Å². The van der Waals surface area contributed by atoms with Crippen molar-refractivity contribution in [2.75, 3.05) is 32.0 Å². The molecular weight excluding hydrogens is 443 g/mol. The highest BCUT2D eigenvalue weighted by molar-refractivity contribution is 7.99. The standard InChI is InChI=1S/C23H25FN6O2S/c24-17-11-26-18-1-2-20(31)30-13-14(21(17)22(18)30)12-29-5-3-15(4-6-29)25-10-16-9-19-23(28-27-16)33-8-7-32-19/h1-2,9,11,14-15,25H,3-8,10,12-13H2. The van der Waals surface area contributed by atoms with Crippen LogP contribution in [0.25, 0.3) is 11.0 Å². The lowest BCUT2D eigenvalue weighted by atomic mass is 9.98. The number of hydrogen-bond acceptors (Lipinski definition) is 8. The first-order chi connectivity index (χ1) is 16.2. The molecule has 0 aromatic carbocycles. The summed E-state index contributed by atoms with van der Waals surface area (Å²) in [5.41, 5.74) is 2.80. The van der Waals surface area contributed by atoms with Crippen molar-refractivity contribution in [1.82, 2.24) is 30.0 Å². The molecule has 1 atom stereocenters. The van der Waals surface area contributed by atoms with E-state index in [9.17, 15) is 9.18 Å². The van der Waals surface area contributed by atoms with Gasteiger partial charge < -0.3 is 19.5 Å². The van der Waals surface area contributed by atoms with Crippen LogP contribution >= 0.6 is 11.8 Å². The highest BCUT2D eigenvalue weighted by Gasteiger charge is 2.31. The molecule has 1 fully saturated rings. The van der Waals surface area contributed by atoms with Gasteiger partial charge >= 0.3 is 0 Å². The Balaban J connectivity index is 1.06. The summed E-state index contributed by atoms with van der Waals surface area (Å²) in [5, 5.41) is 13.1. The molecule has 3 aliphatic heterocycles. The second-order valence-electron chi connectivity index (χ2n) is 8.89. The molecule has 6 heterocycles. The molecule has 0 saturated carbocycles. The molecule has 3 aromatic heterocycles. The Hall–Kier alpha value is -2.56. The highest BCUT2D eigenvalue weighted by atomic mass is 32.2. The molecule has 1 saturated heterocycles. The average Bonchev–Trinajstić information content (AvgIpc) is 3.23. The predicted octanol–water partition coefficient (Wildman–Crippen LogP) is 2.16. The van der Waals surface area contributed by atoms with Crippen LogP contribution in [0.1, 0.15) is 30.0 Å². The fraction of sp³-hybridized carbons (Fsp3) is 0.478. The van der Waals surface area contributed by atoms with E-state index < -0.39 is 0 Å². The van der Waals surface area contributed by atoms with E-state index in [1.807, 2.05) is 6.07 Å². The minimum atomic E-state index is -0.311. The Morgan fingerprint density at radius 2 is 2.12 bits per heavy atom. The van der Waals surface area contributed by atoms with Gasteiger partial charge in [0, 0.05) is 55.0 Å². The molecule has 3 aliphatic rings. The summed E-state index contributed by atoms with van der Waals surface area (Å²) in [5.74, 6) is 1.41. The Morgan fingerprint density at radius 1 is 1.24 bits per heavy atom. The molecule has 0 aliphatic carbocycles. The normalized spacial score (nSPS) is 20.7. The van der Waals surface area contributed by atoms with Gasteiger partial charge in [0.1, 0.15) is 5.82 Å². The summed E-state index contributed by atoms with van der Waals surface area (Å²) < 4.78 is 22.1. The van der Waals surface area contributed by atoms with Crippen LogP contribution in [0.15, 0.2) is 34.2 Å². The van der Waals surface area contributed by atoms with Crippen molar-refractivity contribution in [3.63, 3.8) is 0 Å². The van der Waals surface area contributed by atoms with Gasteiger partial charge in [-0.2, -0.15) is 5.10 Å². The maximum absolute atomic E-state index is 14.7. The van der Waals surface area contributed by atoms with Crippen molar-refractivity contribution in [3.8, 4) is 5.75 Å². The topological polar surface area (TPSA) is 85.2 Å². The Labute approximate surface area is 194 Å². The van der Waals surface area contributed by atoms with Gasteiger partial charge in [0.25, 0.3) is 5.56 Å². The predicted molar refractivity (Wildman–Crippen MR) is 123 cm³/mol. The zero-order valence-corrected chi connectivity index (χ0v) is 19.0. The molecule has 0 amide bonds. The monoisotopic (exact) mass is 468 g/mol. The lowest BCUT2D eigenvalue weighted by Crippen LogP contribution is -2.43. The molecule has 172 valence electrons. The quantitative estimate of drug-likeness (QED) is 0.610. The zero-order chi connectivity index (χ0) is 22.4. The number of fused-ring (bicyclic) bond motifs is 1. The summed E-state index contributed by atoms with van der Waals surface area (Å²) in [6.07, 6.45) is 3.31. The molecule has 10 heteroatoms. The Morgan fingerprint density at radius 3 is 3.00 bits per heavy atom. The Bertz CT molecular complexity index is 1260. The number of aromatic nitrogens is 4. The number of halogens is 1. The van der Waals surface area contributed by atoms with Crippen LogP contribution in [0.3, 0.4) is 0 Å². The summed E-state index contributed by atoms with van der Waals surface area (Å²) >= 11 is 1.68. The smallest absolute Gasteiger partial charge is 0.251 e. The first kappa shape index (κ1) is 21.0. The molecule has 6 rings (SSSR count).